The standard InChI is InChI=1S/C32H33ClN4O3S/c1-21(2)36-15-13-23(14-16-36)34-32(38)27-18-25-26(9-6-10-28(25)39-20-22-7-4-3-5-8-22)37(27)19-24-17-29(40-35-24)30-11-12-31(33)41-30/h3-12,17-18,21,23H,13-16,19-20H2,1-2H3,(H,34,38). The van der Waals surface area contributed by atoms with Gasteiger partial charge in [0.05, 0.1) is 21.3 Å². The van der Waals surface area contributed by atoms with Gasteiger partial charge in [-0.05, 0) is 62.6 Å². The molecule has 4 heterocycles. The van der Waals surface area contributed by atoms with Crippen molar-refractivity contribution in [2.24, 2.45) is 0 Å². The van der Waals surface area contributed by atoms with Crippen LogP contribution in [0.15, 0.2) is 77.3 Å². The summed E-state index contributed by atoms with van der Waals surface area (Å²) in [6.07, 6.45) is 1.87. The molecular weight excluding hydrogens is 556 g/mol. The summed E-state index contributed by atoms with van der Waals surface area (Å²) in [6, 6.07) is 24.3. The first-order valence-corrected chi connectivity index (χ1v) is 15.2. The summed E-state index contributed by atoms with van der Waals surface area (Å²) in [5.74, 6) is 1.30. The number of hydrogen-bond donors (Lipinski definition) is 1. The van der Waals surface area contributed by atoms with Crippen LogP contribution in [-0.4, -0.2) is 45.7 Å². The van der Waals surface area contributed by atoms with Gasteiger partial charge in [0.2, 0.25) is 0 Å². The molecule has 1 amide bonds. The summed E-state index contributed by atoms with van der Waals surface area (Å²) in [4.78, 5) is 17.2. The maximum Gasteiger partial charge on any atom is 0.268 e. The Bertz CT molecular complexity index is 1630. The van der Waals surface area contributed by atoms with Crippen molar-refractivity contribution in [3.8, 4) is 16.4 Å². The van der Waals surface area contributed by atoms with Crippen LogP contribution in [0.4, 0.5) is 0 Å². The first-order chi connectivity index (χ1) is 19.9. The van der Waals surface area contributed by atoms with Crippen molar-refractivity contribution in [3.63, 3.8) is 0 Å². The number of nitrogens with zero attached hydrogens (tertiary/aromatic N) is 3. The van der Waals surface area contributed by atoms with Crippen LogP contribution < -0.4 is 10.1 Å². The van der Waals surface area contributed by atoms with Gasteiger partial charge >= 0.3 is 0 Å². The van der Waals surface area contributed by atoms with Crippen molar-refractivity contribution in [3.05, 3.63) is 94.1 Å². The van der Waals surface area contributed by atoms with Crippen molar-refractivity contribution in [1.29, 1.82) is 0 Å². The van der Waals surface area contributed by atoms with Gasteiger partial charge in [-0.25, -0.2) is 0 Å². The molecule has 212 valence electrons. The van der Waals surface area contributed by atoms with Crippen molar-refractivity contribution in [1.82, 2.24) is 19.9 Å². The molecule has 5 aromatic rings. The Morgan fingerprint density at radius 2 is 1.90 bits per heavy atom. The van der Waals surface area contributed by atoms with Crippen molar-refractivity contribution in [2.75, 3.05) is 13.1 Å². The zero-order chi connectivity index (χ0) is 28.3. The number of rotatable bonds is 9. The minimum absolute atomic E-state index is 0.0908. The van der Waals surface area contributed by atoms with Crippen LogP contribution in [0.2, 0.25) is 4.34 Å². The van der Waals surface area contributed by atoms with Crippen LogP contribution in [-0.2, 0) is 13.2 Å². The SMILES string of the molecule is CC(C)N1CCC(NC(=O)c2cc3c(OCc4ccccc4)cccc3n2Cc2cc(-c3ccc(Cl)s3)on2)CC1. The number of carbonyl (C=O) groups is 1. The van der Waals surface area contributed by atoms with Crippen LogP contribution in [0.25, 0.3) is 21.5 Å². The Kier molecular flexibility index (Phi) is 8.14. The van der Waals surface area contributed by atoms with E-state index < -0.39 is 0 Å². The molecule has 3 aromatic heterocycles. The average molecular weight is 589 g/mol. The molecule has 1 N–H and O–H groups in total. The van der Waals surface area contributed by atoms with E-state index in [-0.39, 0.29) is 11.9 Å². The number of halogens is 1. The molecule has 0 radical (unpaired) electrons. The third kappa shape index (κ3) is 6.20. The Balaban J connectivity index is 1.30. The van der Waals surface area contributed by atoms with Gasteiger partial charge in [-0.2, -0.15) is 0 Å². The Morgan fingerprint density at radius 3 is 2.63 bits per heavy atom. The van der Waals surface area contributed by atoms with E-state index in [0.717, 1.165) is 58.7 Å². The van der Waals surface area contributed by atoms with Gasteiger partial charge in [-0.1, -0.05) is 53.2 Å². The Morgan fingerprint density at radius 1 is 1.10 bits per heavy atom. The number of benzene rings is 2. The molecule has 1 aliphatic rings. The lowest BCUT2D eigenvalue weighted by Crippen LogP contribution is -2.46. The van der Waals surface area contributed by atoms with Crippen LogP contribution in [0.3, 0.4) is 0 Å². The fourth-order valence-electron chi connectivity index (χ4n) is 5.41. The monoisotopic (exact) mass is 588 g/mol. The summed E-state index contributed by atoms with van der Waals surface area (Å²) in [7, 11) is 0. The molecule has 6 rings (SSSR count). The number of piperidine rings is 1. The third-order valence-corrected chi connectivity index (χ3v) is 8.91. The molecule has 2 aromatic carbocycles. The molecule has 0 bridgehead atoms. The fourth-order valence-corrected chi connectivity index (χ4v) is 6.40. The van der Waals surface area contributed by atoms with E-state index in [9.17, 15) is 4.79 Å². The highest BCUT2D eigenvalue weighted by Crippen LogP contribution is 2.33. The lowest BCUT2D eigenvalue weighted by atomic mass is 10.0. The number of thiophene rings is 1. The van der Waals surface area contributed by atoms with Crippen molar-refractivity contribution >= 4 is 39.7 Å². The van der Waals surface area contributed by atoms with E-state index >= 15 is 0 Å². The molecule has 41 heavy (non-hydrogen) atoms. The highest BCUT2D eigenvalue weighted by Gasteiger charge is 2.25. The van der Waals surface area contributed by atoms with E-state index in [1.54, 1.807) is 0 Å². The molecule has 0 spiro atoms. The van der Waals surface area contributed by atoms with Crippen molar-refractivity contribution < 1.29 is 14.1 Å². The Hall–Kier alpha value is -3.59. The quantitative estimate of drug-likeness (QED) is 0.196. The summed E-state index contributed by atoms with van der Waals surface area (Å²) in [5, 5.41) is 8.52. The zero-order valence-corrected chi connectivity index (χ0v) is 24.8. The Labute approximate surface area is 248 Å². The molecule has 1 saturated heterocycles. The van der Waals surface area contributed by atoms with Crippen LogP contribution in [0, 0.1) is 0 Å². The van der Waals surface area contributed by atoms with E-state index in [1.165, 1.54) is 11.3 Å². The molecule has 0 atom stereocenters. The minimum Gasteiger partial charge on any atom is -0.488 e. The number of aromatic nitrogens is 2. The molecule has 7 nitrogen and oxygen atoms in total. The lowest BCUT2D eigenvalue weighted by Gasteiger charge is -2.34. The summed E-state index contributed by atoms with van der Waals surface area (Å²) < 4.78 is 14.6. The predicted octanol–water partition coefficient (Wildman–Crippen LogP) is 7.24. The number of fused-ring (bicyclic) bond motifs is 1. The zero-order valence-electron chi connectivity index (χ0n) is 23.2. The first kappa shape index (κ1) is 27.6. The topological polar surface area (TPSA) is 72.5 Å². The van der Waals surface area contributed by atoms with Gasteiger partial charge in [0.1, 0.15) is 23.7 Å². The highest BCUT2D eigenvalue weighted by molar-refractivity contribution is 7.19. The second-order valence-electron chi connectivity index (χ2n) is 10.7. The largest absolute Gasteiger partial charge is 0.488 e. The second kappa shape index (κ2) is 12.1. The van der Waals surface area contributed by atoms with E-state index in [0.29, 0.717) is 35.0 Å². The van der Waals surface area contributed by atoms with Crippen LogP contribution in [0.1, 0.15) is 48.4 Å². The number of carbonyl (C=O) groups excluding carboxylic acids is 1. The lowest BCUT2D eigenvalue weighted by molar-refractivity contribution is 0.0892. The third-order valence-electron chi connectivity index (χ3n) is 7.67. The van der Waals surface area contributed by atoms with E-state index in [1.807, 2.05) is 77.4 Å². The number of hydrogen-bond acceptors (Lipinski definition) is 6. The number of ether oxygens (including phenoxy) is 1. The summed E-state index contributed by atoms with van der Waals surface area (Å²) in [6.45, 7) is 7.23. The van der Waals surface area contributed by atoms with E-state index in [2.05, 4.69) is 29.2 Å². The first-order valence-electron chi connectivity index (χ1n) is 14.0. The number of likely N-dealkylation sites (tertiary alicyclic amines) is 1. The van der Waals surface area contributed by atoms with Gasteiger partial charge in [0, 0.05) is 36.6 Å². The molecule has 0 unspecified atom stereocenters. The highest BCUT2D eigenvalue weighted by atomic mass is 35.5. The maximum atomic E-state index is 13.8. The minimum atomic E-state index is -0.0908. The number of amides is 1. The smallest absolute Gasteiger partial charge is 0.268 e. The normalized spacial score (nSPS) is 14.6. The van der Waals surface area contributed by atoms with Gasteiger partial charge in [0.15, 0.2) is 5.76 Å². The van der Waals surface area contributed by atoms with Gasteiger partial charge in [-0.3, -0.25) is 4.79 Å². The fraction of sp³-hybridized carbons (Fsp3) is 0.312. The van der Waals surface area contributed by atoms with Crippen LogP contribution >= 0.6 is 22.9 Å². The molecular formula is C32H33ClN4O3S. The number of nitrogens with one attached hydrogen (secondary N) is 1. The molecule has 0 aliphatic carbocycles. The summed E-state index contributed by atoms with van der Waals surface area (Å²) in [5.41, 5.74) is 3.28. The second-order valence-corrected chi connectivity index (χ2v) is 12.5. The van der Waals surface area contributed by atoms with E-state index in [4.69, 9.17) is 20.9 Å². The molecule has 9 heteroatoms. The molecule has 0 saturated carbocycles. The maximum absolute atomic E-state index is 13.8. The predicted molar refractivity (Wildman–Crippen MR) is 164 cm³/mol. The van der Waals surface area contributed by atoms with Gasteiger partial charge in [0.25, 0.3) is 5.91 Å². The van der Waals surface area contributed by atoms with Crippen LogP contribution in [0.5, 0.6) is 5.75 Å². The average Bonchev–Trinajstić information content (AvgIpc) is 3.72. The summed E-state index contributed by atoms with van der Waals surface area (Å²) >= 11 is 7.57. The van der Waals surface area contributed by atoms with Crippen molar-refractivity contribution in [2.45, 2.75) is 51.9 Å². The molecule has 1 aliphatic heterocycles. The molecule has 1 fully saturated rings. The van der Waals surface area contributed by atoms with Gasteiger partial charge in [-0.15, -0.1) is 11.3 Å². The van der Waals surface area contributed by atoms with Gasteiger partial charge < -0.3 is 24.0 Å².